The summed E-state index contributed by atoms with van der Waals surface area (Å²) in [6.45, 7) is 6.10. The van der Waals surface area contributed by atoms with Crippen LogP contribution in [0.4, 0.5) is 0 Å². The molecule has 1 N–H and O–H groups in total. The van der Waals surface area contributed by atoms with Gasteiger partial charge in [0.1, 0.15) is 0 Å². The van der Waals surface area contributed by atoms with E-state index in [4.69, 9.17) is 0 Å². The molecule has 1 heterocycles. The number of rotatable bonds is 6. The van der Waals surface area contributed by atoms with Crippen LogP contribution in [-0.4, -0.2) is 11.6 Å². The molecule has 1 amide bonds. The van der Waals surface area contributed by atoms with Crippen LogP contribution in [0.15, 0.2) is 5.10 Å². The Morgan fingerprint density at radius 2 is 1.87 bits per heavy atom. The first-order valence-corrected chi connectivity index (χ1v) is 5.96. The van der Waals surface area contributed by atoms with Crippen molar-refractivity contribution in [3.8, 4) is 0 Å². The second-order valence-electron chi connectivity index (χ2n) is 4.79. The third-order valence-corrected chi connectivity index (χ3v) is 3.10. The third-order valence-electron chi connectivity index (χ3n) is 3.10. The average Bonchev–Trinajstić information content (AvgIpc) is 2.44. The van der Waals surface area contributed by atoms with Crippen molar-refractivity contribution in [2.75, 3.05) is 0 Å². The number of carbonyl (C=O) groups is 1. The summed E-state index contributed by atoms with van der Waals surface area (Å²) in [6, 6.07) is 0. The Morgan fingerprint density at radius 1 is 1.20 bits per heavy atom. The zero-order valence-electron chi connectivity index (χ0n) is 10.1. The lowest BCUT2D eigenvalue weighted by atomic mass is 9.85. The Balaban J connectivity index is 2.25. The maximum absolute atomic E-state index is 11.4. The van der Waals surface area contributed by atoms with E-state index in [9.17, 15) is 4.79 Å². The Kier molecular flexibility index (Phi) is 4.30. The minimum absolute atomic E-state index is 0.0334. The highest BCUT2D eigenvalue weighted by molar-refractivity contribution is 6.11. The van der Waals surface area contributed by atoms with Crippen molar-refractivity contribution in [2.45, 2.75) is 59.3 Å². The summed E-state index contributed by atoms with van der Waals surface area (Å²) in [6.07, 6.45) is 7.23. The van der Waals surface area contributed by atoms with Gasteiger partial charge in [0.2, 0.25) is 0 Å². The highest BCUT2D eigenvalue weighted by Gasteiger charge is 2.37. The van der Waals surface area contributed by atoms with E-state index in [-0.39, 0.29) is 11.3 Å². The van der Waals surface area contributed by atoms with Crippen LogP contribution < -0.4 is 5.43 Å². The molecule has 0 saturated carbocycles. The van der Waals surface area contributed by atoms with Crippen LogP contribution in [0.25, 0.3) is 0 Å². The summed E-state index contributed by atoms with van der Waals surface area (Å²) in [5.74, 6) is 0.0334. The number of amides is 1. The SMILES string of the molecule is CCCCCCCC1=NNC(=O)C1(C)C. The van der Waals surface area contributed by atoms with Crippen LogP contribution in [0.1, 0.15) is 59.3 Å². The molecule has 0 radical (unpaired) electrons. The van der Waals surface area contributed by atoms with Crippen LogP contribution in [-0.2, 0) is 4.79 Å². The molecule has 1 aliphatic heterocycles. The van der Waals surface area contributed by atoms with Gasteiger partial charge in [0.05, 0.1) is 11.1 Å². The van der Waals surface area contributed by atoms with Crippen molar-refractivity contribution < 1.29 is 4.79 Å². The zero-order chi connectivity index (χ0) is 11.3. The molecule has 0 aliphatic carbocycles. The Labute approximate surface area is 92.3 Å². The molecule has 3 nitrogen and oxygen atoms in total. The number of hydrazone groups is 1. The summed E-state index contributed by atoms with van der Waals surface area (Å²) in [7, 11) is 0. The van der Waals surface area contributed by atoms with Crippen LogP contribution in [0, 0.1) is 5.41 Å². The van der Waals surface area contributed by atoms with E-state index in [2.05, 4.69) is 17.5 Å². The first-order chi connectivity index (χ1) is 7.09. The summed E-state index contributed by atoms with van der Waals surface area (Å²) in [4.78, 5) is 11.4. The van der Waals surface area contributed by atoms with Gasteiger partial charge in [0.25, 0.3) is 5.91 Å². The fourth-order valence-corrected chi connectivity index (χ4v) is 1.79. The first kappa shape index (κ1) is 12.2. The largest absolute Gasteiger partial charge is 0.272 e. The minimum Gasteiger partial charge on any atom is -0.272 e. The van der Waals surface area contributed by atoms with E-state index in [0.29, 0.717) is 0 Å². The molecule has 15 heavy (non-hydrogen) atoms. The van der Waals surface area contributed by atoms with Gasteiger partial charge in [0, 0.05) is 0 Å². The molecule has 1 rings (SSSR count). The minimum atomic E-state index is -0.384. The molecule has 0 spiro atoms. The normalized spacial score (nSPS) is 18.9. The zero-order valence-corrected chi connectivity index (χ0v) is 10.1. The average molecular weight is 210 g/mol. The van der Waals surface area contributed by atoms with Crippen LogP contribution in [0.3, 0.4) is 0 Å². The number of unbranched alkanes of at least 4 members (excludes halogenated alkanes) is 4. The molecule has 0 fully saturated rings. The van der Waals surface area contributed by atoms with Gasteiger partial charge in [-0.3, -0.25) is 4.79 Å². The second kappa shape index (κ2) is 5.29. The van der Waals surface area contributed by atoms with Gasteiger partial charge in [-0.1, -0.05) is 32.6 Å². The topological polar surface area (TPSA) is 41.5 Å². The number of hydrogen-bond donors (Lipinski definition) is 1. The third kappa shape index (κ3) is 3.05. The van der Waals surface area contributed by atoms with Gasteiger partial charge in [-0.25, -0.2) is 5.43 Å². The lowest BCUT2D eigenvalue weighted by Crippen LogP contribution is -2.32. The molecule has 0 unspecified atom stereocenters. The smallest absolute Gasteiger partial charge is 0.251 e. The molecule has 3 heteroatoms. The van der Waals surface area contributed by atoms with E-state index in [1.807, 2.05) is 13.8 Å². The van der Waals surface area contributed by atoms with E-state index in [1.54, 1.807) is 0 Å². The number of nitrogens with zero attached hydrogens (tertiary/aromatic N) is 1. The predicted molar refractivity (Wildman–Crippen MR) is 62.7 cm³/mol. The molecule has 0 aromatic heterocycles. The van der Waals surface area contributed by atoms with Crippen molar-refractivity contribution in [1.82, 2.24) is 5.43 Å². The molecule has 0 aromatic carbocycles. The quantitative estimate of drug-likeness (QED) is 0.673. The van der Waals surface area contributed by atoms with Gasteiger partial charge >= 0.3 is 0 Å². The van der Waals surface area contributed by atoms with Crippen molar-refractivity contribution in [1.29, 1.82) is 0 Å². The monoisotopic (exact) mass is 210 g/mol. The van der Waals surface area contributed by atoms with Crippen molar-refractivity contribution in [3.63, 3.8) is 0 Å². The molecule has 0 aromatic rings. The van der Waals surface area contributed by atoms with E-state index >= 15 is 0 Å². The maximum atomic E-state index is 11.4. The molecule has 1 aliphatic rings. The summed E-state index contributed by atoms with van der Waals surface area (Å²) in [5.41, 5.74) is 3.19. The maximum Gasteiger partial charge on any atom is 0.251 e. The highest BCUT2D eigenvalue weighted by atomic mass is 16.2. The van der Waals surface area contributed by atoms with Crippen molar-refractivity contribution >= 4 is 11.6 Å². The van der Waals surface area contributed by atoms with Crippen LogP contribution in [0.5, 0.6) is 0 Å². The molecular formula is C12H22N2O. The van der Waals surface area contributed by atoms with E-state index in [1.165, 1.54) is 25.7 Å². The molecular weight excluding hydrogens is 188 g/mol. The number of carbonyl (C=O) groups excluding carboxylic acids is 1. The molecule has 0 saturated heterocycles. The van der Waals surface area contributed by atoms with Gasteiger partial charge in [0.15, 0.2) is 0 Å². The van der Waals surface area contributed by atoms with E-state index in [0.717, 1.165) is 18.6 Å². The summed E-state index contributed by atoms with van der Waals surface area (Å²) < 4.78 is 0. The fourth-order valence-electron chi connectivity index (χ4n) is 1.79. The first-order valence-electron chi connectivity index (χ1n) is 5.96. The van der Waals surface area contributed by atoms with Crippen LogP contribution in [0.2, 0.25) is 0 Å². The summed E-state index contributed by atoms with van der Waals surface area (Å²) >= 11 is 0. The Morgan fingerprint density at radius 3 is 2.40 bits per heavy atom. The lowest BCUT2D eigenvalue weighted by Gasteiger charge is -2.16. The van der Waals surface area contributed by atoms with Crippen molar-refractivity contribution in [2.24, 2.45) is 10.5 Å². The molecule has 0 bridgehead atoms. The summed E-state index contributed by atoms with van der Waals surface area (Å²) in [5, 5.41) is 4.10. The standard InChI is InChI=1S/C12H22N2O/c1-4-5-6-7-8-9-10-12(2,3)11(15)14-13-10/h4-9H2,1-3H3,(H,14,15). The fraction of sp³-hybridized carbons (Fsp3) is 0.833. The number of hydrogen-bond acceptors (Lipinski definition) is 2. The van der Waals surface area contributed by atoms with Crippen LogP contribution >= 0.6 is 0 Å². The highest BCUT2D eigenvalue weighted by Crippen LogP contribution is 2.25. The lowest BCUT2D eigenvalue weighted by molar-refractivity contribution is -0.125. The van der Waals surface area contributed by atoms with E-state index < -0.39 is 0 Å². The Hall–Kier alpha value is -0.860. The second-order valence-corrected chi connectivity index (χ2v) is 4.79. The van der Waals surface area contributed by atoms with Gasteiger partial charge in [-0.15, -0.1) is 0 Å². The predicted octanol–water partition coefficient (Wildman–Crippen LogP) is 2.86. The van der Waals surface area contributed by atoms with Gasteiger partial charge < -0.3 is 0 Å². The molecule has 0 atom stereocenters. The van der Waals surface area contributed by atoms with Crippen molar-refractivity contribution in [3.05, 3.63) is 0 Å². The Bertz CT molecular complexity index is 256. The molecule has 86 valence electrons. The van der Waals surface area contributed by atoms with Gasteiger partial charge in [-0.05, 0) is 26.7 Å². The van der Waals surface area contributed by atoms with Gasteiger partial charge in [-0.2, -0.15) is 5.10 Å². The number of nitrogens with one attached hydrogen (secondary N) is 1.